The molecule has 0 spiro atoms. The van der Waals surface area contributed by atoms with E-state index in [0.29, 0.717) is 12.2 Å². The zero-order chi connectivity index (χ0) is 21.2. The summed E-state index contributed by atoms with van der Waals surface area (Å²) < 4.78 is 5.02. The molecule has 2 aromatic carbocycles. The Labute approximate surface area is 171 Å². The van der Waals surface area contributed by atoms with Crippen LogP contribution < -0.4 is 5.32 Å². The first kappa shape index (κ1) is 21.7. The van der Waals surface area contributed by atoms with Crippen LogP contribution in [0.4, 0.5) is 5.69 Å². The van der Waals surface area contributed by atoms with Crippen LogP contribution in [0, 0.1) is 11.3 Å². The number of carbonyl (C=O) groups excluding carboxylic acids is 2. The summed E-state index contributed by atoms with van der Waals surface area (Å²) >= 11 is 0. The summed E-state index contributed by atoms with van der Waals surface area (Å²) in [5.74, 6) is -1.11. The molecule has 0 aliphatic carbocycles. The first-order chi connectivity index (χ1) is 14.0. The molecule has 150 valence electrons. The SMILES string of the molecule is CCOC(=O)c1ccccc1NC(=O)/C(C#N)=C\N(Cc1ccccc1)C(C)C. The normalized spacial score (nSPS) is 10.9. The van der Waals surface area contributed by atoms with Gasteiger partial charge in [0.25, 0.3) is 5.91 Å². The smallest absolute Gasteiger partial charge is 0.340 e. The summed E-state index contributed by atoms with van der Waals surface area (Å²) in [6.07, 6.45) is 1.56. The Morgan fingerprint density at radius 2 is 1.79 bits per heavy atom. The van der Waals surface area contributed by atoms with Gasteiger partial charge in [-0.15, -0.1) is 0 Å². The van der Waals surface area contributed by atoms with E-state index in [0.717, 1.165) is 5.56 Å². The largest absolute Gasteiger partial charge is 0.462 e. The van der Waals surface area contributed by atoms with Gasteiger partial charge in [0, 0.05) is 18.8 Å². The Kier molecular flexibility index (Phi) is 7.99. The average Bonchev–Trinajstić information content (AvgIpc) is 2.72. The standard InChI is InChI=1S/C23H25N3O3/c1-4-29-23(28)20-12-8-9-13-21(20)25-22(27)19(14-24)16-26(17(2)3)15-18-10-6-5-7-11-18/h5-13,16-17H,4,15H2,1-3H3,(H,25,27)/b19-16-. The van der Waals surface area contributed by atoms with Crippen molar-refractivity contribution in [3.63, 3.8) is 0 Å². The predicted octanol–water partition coefficient (Wildman–Crippen LogP) is 4.12. The first-order valence-corrected chi connectivity index (χ1v) is 9.45. The van der Waals surface area contributed by atoms with Crippen molar-refractivity contribution in [3.8, 4) is 6.07 Å². The summed E-state index contributed by atoms with van der Waals surface area (Å²) in [6, 6.07) is 18.4. The lowest BCUT2D eigenvalue weighted by Gasteiger charge is -2.25. The number of nitriles is 1. The van der Waals surface area contributed by atoms with E-state index in [9.17, 15) is 14.9 Å². The van der Waals surface area contributed by atoms with E-state index >= 15 is 0 Å². The minimum atomic E-state index is -0.581. The quantitative estimate of drug-likeness (QED) is 0.416. The van der Waals surface area contributed by atoms with E-state index in [1.165, 1.54) is 0 Å². The molecule has 0 aliphatic rings. The number of benzene rings is 2. The maximum atomic E-state index is 12.7. The molecule has 0 aliphatic heterocycles. The molecule has 0 unspecified atom stereocenters. The fourth-order valence-electron chi connectivity index (χ4n) is 2.64. The van der Waals surface area contributed by atoms with Crippen molar-refractivity contribution in [2.75, 3.05) is 11.9 Å². The van der Waals surface area contributed by atoms with Gasteiger partial charge in [-0.3, -0.25) is 4.79 Å². The fourth-order valence-corrected chi connectivity index (χ4v) is 2.64. The lowest BCUT2D eigenvalue weighted by atomic mass is 10.1. The number of nitrogens with one attached hydrogen (secondary N) is 1. The van der Waals surface area contributed by atoms with Crippen LogP contribution in [0.25, 0.3) is 0 Å². The molecule has 0 heterocycles. The van der Waals surface area contributed by atoms with E-state index in [4.69, 9.17) is 4.74 Å². The third-order valence-corrected chi connectivity index (χ3v) is 4.20. The van der Waals surface area contributed by atoms with Crippen molar-refractivity contribution in [3.05, 3.63) is 77.5 Å². The van der Waals surface area contributed by atoms with Gasteiger partial charge in [-0.1, -0.05) is 42.5 Å². The molecule has 1 N–H and O–H groups in total. The van der Waals surface area contributed by atoms with Gasteiger partial charge in [-0.05, 0) is 38.5 Å². The number of amides is 1. The highest BCUT2D eigenvalue weighted by Crippen LogP contribution is 2.18. The van der Waals surface area contributed by atoms with Crippen LogP contribution in [0.3, 0.4) is 0 Å². The molecule has 1 amide bonds. The van der Waals surface area contributed by atoms with E-state index in [1.54, 1.807) is 37.4 Å². The van der Waals surface area contributed by atoms with Crippen molar-refractivity contribution in [2.24, 2.45) is 0 Å². The molecule has 0 atom stereocenters. The Bertz CT molecular complexity index is 914. The van der Waals surface area contributed by atoms with Crippen molar-refractivity contribution in [2.45, 2.75) is 33.4 Å². The van der Waals surface area contributed by atoms with Crippen molar-refractivity contribution >= 4 is 17.6 Å². The molecule has 0 saturated heterocycles. The van der Waals surface area contributed by atoms with Gasteiger partial charge >= 0.3 is 5.97 Å². The maximum absolute atomic E-state index is 12.7. The molecule has 0 bridgehead atoms. The highest BCUT2D eigenvalue weighted by Gasteiger charge is 2.18. The van der Waals surface area contributed by atoms with Crippen molar-refractivity contribution in [1.82, 2.24) is 4.90 Å². The first-order valence-electron chi connectivity index (χ1n) is 9.45. The van der Waals surface area contributed by atoms with Gasteiger partial charge < -0.3 is 15.0 Å². The van der Waals surface area contributed by atoms with Gasteiger partial charge in [0.05, 0.1) is 17.9 Å². The second-order valence-corrected chi connectivity index (χ2v) is 6.63. The Morgan fingerprint density at radius 3 is 2.41 bits per heavy atom. The Morgan fingerprint density at radius 1 is 1.14 bits per heavy atom. The molecule has 0 aromatic heterocycles. The molecule has 2 aromatic rings. The molecular weight excluding hydrogens is 366 g/mol. The second-order valence-electron chi connectivity index (χ2n) is 6.63. The number of hydrogen-bond acceptors (Lipinski definition) is 5. The zero-order valence-electron chi connectivity index (χ0n) is 16.9. The van der Waals surface area contributed by atoms with E-state index in [1.807, 2.05) is 55.1 Å². The third kappa shape index (κ3) is 6.22. The summed E-state index contributed by atoms with van der Waals surface area (Å²) in [5, 5.41) is 12.2. The third-order valence-electron chi connectivity index (χ3n) is 4.20. The van der Waals surface area contributed by atoms with E-state index < -0.39 is 11.9 Å². The number of nitrogens with zero attached hydrogens (tertiary/aromatic N) is 2. The van der Waals surface area contributed by atoms with E-state index in [2.05, 4.69) is 5.32 Å². The van der Waals surface area contributed by atoms with Crippen molar-refractivity contribution in [1.29, 1.82) is 5.26 Å². The van der Waals surface area contributed by atoms with Crippen LogP contribution in [0.1, 0.15) is 36.7 Å². The topological polar surface area (TPSA) is 82.4 Å². The van der Waals surface area contributed by atoms with Crippen LogP contribution in [0.15, 0.2) is 66.4 Å². The lowest BCUT2D eigenvalue weighted by molar-refractivity contribution is -0.112. The van der Waals surface area contributed by atoms with E-state index in [-0.39, 0.29) is 23.8 Å². The van der Waals surface area contributed by atoms with Crippen LogP contribution in [-0.4, -0.2) is 29.4 Å². The predicted molar refractivity (Wildman–Crippen MR) is 112 cm³/mol. The fraction of sp³-hybridized carbons (Fsp3) is 0.261. The molecule has 2 rings (SSSR count). The zero-order valence-corrected chi connectivity index (χ0v) is 16.9. The van der Waals surface area contributed by atoms with Gasteiger partial charge in [0.2, 0.25) is 0 Å². The summed E-state index contributed by atoms with van der Waals surface area (Å²) in [4.78, 5) is 26.7. The number of anilines is 1. The monoisotopic (exact) mass is 391 g/mol. The van der Waals surface area contributed by atoms with Gasteiger partial charge in [-0.25, -0.2) is 4.79 Å². The molecule has 0 radical (unpaired) electrons. The molecule has 0 saturated carbocycles. The minimum Gasteiger partial charge on any atom is -0.462 e. The highest BCUT2D eigenvalue weighted by atomic mass is 16.5. The molecule has 29 heavy (non-hydrogen) atoms. The molecular formula is C23H25N3O3. The van der Waals surface area contributed by atoms with Crippen LogP contribution in [0.2, 0.25) is 0 Å². The molecule has 0 fully saturated rings. The van der Waals surface area contributed by atoms with Gasteiger partial charge in [0.1, 0.15) is 11.6 Å². The number of para-hydroxylation sites is 1. The maximum Gasteiger partial charge on any atom is 0.340 e. The van der Waals surface area contributed by atoms with Gasteiger partial charge in [0.15, 0.2) is 0 Å². The second kappa shape index (κ2) is 10.7. The summed E-state index contributed by atoms with van der Waals surface area (Å²) in [6.45, 7) is 6.48. The Balaban J connectivity index is 2.23. The Hall–Kier alpha value is -3.59. The molecule has 6 nitrogen and oxygen atoms in total. The average molecular weight is 391 g/mol. The number of carbonyl (C=O) groups is 2. The van der Waals surface area contributed by atoms with Crippen LogP contribution >= 0.6 is 0 Å². The minimum absolute atomic E-state index is 0.0479. The van der Waals surface area contributed by atoms with Gasteiger partial charge in [-0.2, -0.15) is 5.26 Å². The summed E-state index contributed by atoms with van der Waals surface area (Å²) in [5.41, 5.74) is 1.57. The van der Waals surface area contributed by atoms with Crippen LogP contribution in [0.5, 0.6) is 0 Å². The lowest BCUT2D eigenvalue weighted by Crippen LogP contribution is -2.27. The molecule has 6 heteroatoms. The van der Waals surface area contributed by atoms with Crippen molar-refractivity contribution < 1.29 is 14.3 Å². The number of hydrogen-bond donors (Lipinski definition) is 1. The number of esters is 1. The highest BCUT2D eigenvalue weighted by molar-refractivity contribution is 6.09. The number of ether oxygens (including phenoxy) is 1. The number of rotatable bonds is 8. The summed E-state index contributed by atoms with van der Waals surface area (Å²) in [7, 11) is 0. The van der Waals surface area contributed by atoms with Crippen LogP contribution in [-0.2, 0) is 16.1 Å².